The molecule has 1 aliphatic rings. The van der Waals surface area contributed by atoms with E-state index in [1.165, 1.54) is 6.07 Å². The fourth-order valence-corrected chi connectivity index (χ4v) is 3.08. The molecule has 20 heavy (non-hydrogen) atoms. The smallest absolute Gasteiger partial charge is 0.242 e. The first-order chi connectivity index (χ1) is 9.31. The average molecular weight is 336 g/mol. The molecule has 3 nitrogen and oxygen atoms in total. The van der Waals surface area contributed by atoms with Crippen LogP contribution in [0.4, 0.5) is 5.69 Å². The molecule has 1 heterocycles. The van der Waals surface area contributed by atoms with E-state index in [0.717, 1.165) is 19.4 Å². The van der Waals surface area contributed by atoms with Crippen LogP contribution in [0.1, 0.15) is 26.7 Å². The van der Waals surface area contributed by atoms with E-state index in [-0.39, 0.29) is 17.4 Å². The third kappa shape index (κ3) is 3.40. The Hall–Kier alpha value is -0.480. The first-order valence-electron chi connectivity index (χ1n) is 6.50. The van der Waals surface area contributed by atoms with Crippen molar-refractivity contribution in [1.29, 1.82) is 0 Å². The number of benzene rings is 1. The van der Waals surface area contributed by atoms with Gasteiger partial charge < -0.3 is 10.6 Å². The van der Waals surface area contributed by atoms with Gasteiger partial charge in [0.15, 0.2) is 0 Å². The molecule has 1 atom stereocenters. The van der Waals surface area contributed by atoms with Crippen molar-refractivity contribution in [3.05, 3.63) is 27.2 Å². The van der Waals surface area contributed by atoms with Gasteiger partial charge in [0.2, 0.25) is 5.91 Å². The van der Waals surface area contributed by atoms with Crippen LogP contribution in [0.2, 0.25) is 15.1 Å². The van der Waals surface area contributed by atoms with Crippen molar-refractivity contribution in [3.63, 3.8) is 0 Å². The largest absolute Gasteiger partial charge is 0.323 e. The quantitative estimate of drug-likeness (QED) is 0.788. The Morgan fingerprint density at radius 1 is 1.25 bits per heavy atom. The van der Waals surface area contributed by atoms with E-state index < -0.39 is 0 Å². The van der Waals surface area contributed by atoms with Gasteiger partial charge in [-0.1, -0.05) is 48.7 Å². The number of hydrogen-bond acceptors (Lipinski definition) is 2. The van der Waals surface area contributed by atoms with Gasteiger partial charge in [-0.3, -0.25) is 4.79 Å². The van der Waals surface area contributed by atoms with Crippen LogP contribution in [-0.2, 0) is 4.79 Å². The van der Waals surface area contributed by atoms with E-state index in [2.05, 4.69) is 24.5 Å². The number of anilines is 1. The van der Waals surface area contributed by atoms with Crippen LogP contribution in [0.15, 0.2) is 12.1 Å². The molecule has 1 fully saturated rings. The molecular weight excluding hydrogens is 319 g/mol. The average Bonchev–Trinajstić information content (AvgIpc) is 2.35. The lowest BCUT2D eigenvalue weighted by Gasteiger charge is -2.38. The van der Waals surface area contributed by atoms with Gasteiger partial charge >= 0.3 is 0 Å². The van der Waals surface area contributed by atoms with Crippen molar-refractivity contribution >= 4 is 46.4 Å². The Labute approximate surface area is 134 Å². The maximum Gasteiger partial charge on any atom is 0.242 e. The number of rotatable bonds is 2. The van der Waals surface area contributed by atoms with Gasteiger partial charge in [-0.25, -0.2) is 0 Å². The lowest BCUT2D eigenvalue weighted by atomic mass is 9.77. The zero-order valence-electron chi connectivity index (χ0n) is 11.4. The Morgan fingerprint density at radius 3 is 2.55 bits per heavy atom. The van der Waals surface area contributed by atoms with Gasteiger partial charge in [0, 0.05) is 0 Å². The SMILES string of the molecule is CC1(C)CCCNC1C(=O)Nc1cc(Cl)c(Cl)cc1Cl. The first kappa shape index (κ1) is 15.9. The van der Waals surface area contributed by atoms with E-state index in [4.69, 9.17) is 34.8 Å². The third-order valence-electron chi connectivity index (χ3n) is 3.66. The second-order valence-electron chi connectivity index (χ2n) is 5.71. The second kappa shape index (κ2) is 6.10. The first-order valence-corrected chi connectivity index (χ1v) is 7.63. The zero-order valence-corrected chi connectivity index (χ0v) is 13.7. The topological polar surface area (TPSA) is 41.1 Å². The molecule has 1 aliphatic heterocycles. The summed E-state index contributed by atoms with van der Waals surface area (Å²) in [5.41, 5.74) is 0.389. The Bertz CT molecular complexity index is 531. The molecule has 6 heteroatoms. The van der Waals surface area contributed by atoms with Crippen molar-refractivity contribution in [2.24, 2.45) is 5.41 Å². The molecular formula is C14H17Cl3N2O. The minimum absolute atomic E-state index is 0.0922. The minimum atomic E-state index is -0.248. The number of halogens is 3. The molecule has 0 bridgehead atoms. The fourth-order valence-electron chi connectivity index (χ4n) is 2.48. The van der Waals surface area contributed by atoms with E-state index >= 15 is 0 Å². The molecule has 1 aromatic rings. The maximum absolute atomic E-state index is 12.4. The normalized spacial score (nSPS) is 21.6. The lowest BCUT2D eigenvalue weighted by molar-refractivity contribution is -0.121. The van der Waals surface area contributed by atoms with Crippen molar-refractivity contribution < 1.29 is 4.79 Å². The van der Waals surface area contributed by atoms with E-state index in [1.807, 2.05) is 0 Å². The van der Waals surface area contributed by atoms with Crippen molar-refractivity contribution in [2.45, 2.75) is 32.7 Å². The molecule has 1 unspecified atom stereocenters. The zero-order chi connectivity index (χ0) is 14.9. The van der Waals surface area contributed by atoms with Gasteiger partial charge in [0.25, 0.3) is 0 Å². The van der Waals surface area contributed by atoms with Gasteiger partial charge in [0.05, 0.1) is 26.8 Å². The minimum Gasteiger partial charge on any atom is -0.323 e. The molecule has 1 amide bonds. The maximum atomic E-state index is 12.4. The van der Waals surface area contributed by atoms with Crippen LogP contribution in [0.25, 0.3) is 0 Å². The van der Waals surface area contributed by atoms with Crippen LogP contribution < -0.4 is 10.6 Å². The number of amides is 1. The fraction of sp³-hybridized carbons (Fsp3) is 0.500. The summed E-state index contributed by atoms with van der Waals surface area (Å²) in [4.78, 5) is 12.4. The van der Waals surface area contributed by atoms with Crippen LogP contribution >= 0.6 is 34.8 Å². The highest BCUT2D eigenvalue weighted by Crippen LogP contribution is 2.34. The number of piperidine rings is 1. The molecule has 0 aliphatic carbocycles. The summed E-state index contributed by atoms with van der Waals surface area (Å²) in [5.74, 6) is -0.102. The van der Waals surface area contributed by atoms with Crippen LogP contribution in [0, 0.1) is 5.41 Å². The number of carbonyl (C=O) groups is 1. The predicted octanol–water partition coefficient (Wildman–Crippen LogP) is 4.36. The second-order valence-corrected chi connectivity index (χ2v) is 6.94. The summed E-state index contributed by atoms with van der Waals surface area (Å²) >= 11 is 17.9. The summed E-state index contributed by atoms with van der Waals surface area (Å²) in [6.07, 6.45) is 2.08. The summed E-state index contributed by atoms with van der Waals surface area (Å²) in [6.45, 7) is 5.01. The molecule has 2 N–H and O–H groups in total. The number of nitrogens with one attached hydrogen (secondary N) is 2. The van der Waals surface area contributed by atoms with Gasteiger partial charge in [-0.05, 0) is 36.9 Å². The standard InChI is InChI=1S/C14H17Cl3N2O/c1-14(2)4-3-5-18-12(14)13(20)19-11-7-9(16)8(15)6-10(11)17/h6-7,12,18H,3-5H2,1-2H3,(H,19,20). The Kier molecular flexibility index (Phi) is 4.85. The molecule has 0 aromatic heterocycles. The summed E-state index contributed by atoms with van der Waals surface area (Å²) < 4.78 is 0. The van der Waals surface area contributed by atoms with Crippen LogP contribution in [0.3, 0.4) is 0 Å². The summed E-state index contributed by atoms with van der Waals surface area (Å²) in [5, 5.41) is 7.19. The molecule has 1 saturated heterocycles. The van der Waals surface area contributed by atoms with Crippen LogP contribution in [-0.4, -0.2) is 18.5 Å². The van der Waals surface area contributed by atoms with E-state index in [9.17, 15) is 4.79 Å². The molecule has 0 spiro atoms. The van der Waals surface area contributed by atoms with Crippen molar-refractivity contribution in [3.8, 4) is 0 Å². The molecule has 1 aromatic carbocycles. The molecule has 0 radical (unpaired) electrons. The predicted molar refractivity (Wildman–Crippen MR) is 84.9 cm³/mol. The monoisotopic (exact) mass is 334 g/mol. The third-order valence-corrected chi connectivity index (χ3v) is 4.69. The lowest BCUT2D eigenvalue weighted by Crippen LogP contribution is -2.53. The van der Waals surface area contributed by atoms with Crippen LogP contribution in [0.5, 0.6) is 0 Å². The van der Waals surface area contributed by atoms with Gasteiger partial charge in [0.1, 0.15) is 0 Å². The molecule has 0 saturated carbocycles. The van der Waals surface area contributed by atoms with Gasteiger partial charge in [-0.15, -0.1) is 0 Å². The Balaban J connectivity index is 2.17. The summed E-state index contributed by atoms with van der Waals surface area (Å²) in [7, 11) is 0. The number of hydrogen-bond donors (Lipinski definition) is 2. The molecule has 2 rings (SSSR count). The van der Waals surface area contributed by atoms with E-state index in [1.54, 1.807) is 6.07 Å². The Morgan fingerprint density at radius 2 is 1.90 bits per heavy atom. The van der Waals surface area contributed by atoms with Crippen molar-refractivity contribution in [2.75, 3.05) is 11.9 Å². The summed E-state index contributed by atoms with van der Waals surface area (Å²) in [6, 6.07) is 2.85. The highest BCUT2D eigenvalue weighted by atomic mass is 35.5. The number of carbonyl (C=O) groups excluding carboxylic acids is 1. The van der Waals surface area contributed by atoms with E-state index in [0.29, 0.717) is 20.8 Å². The van der Waals surface area contributed by atoms with Gasteiger partial charge in [-0.2, -0.15) is 0 Å². The molecule has 110 valence electrons. The highest BCUT2D eigenvalue weighted by Gasteiger charge is 2.37. The highest BCUT2D eigenvalue weighted by molar-refractivity contribution is 6.44. The van der Waals surface area contributed by atoms with Crippen molar-refractivity contribution in [1.82, 2.24) is 5.32 Å².